The fraction of sp³-hybridized carbons (Fsp3) is 0.556. The van der Waals surface area contributed by atoms with Crippen molar-refractivity contribution < 1.29 is 14.5 Å². The van der Waals surface area contributed by atoms with Crippen LogP contribution in [-0.4, -0.2) is 69.1 Å². The minimum atomic E-state index is -0.101. The van der Waals surface area contributed by atoms with Gasteiger partial charge in [-0.05, 0) is 26.0 Å². The summed E-state index contributed by atoms with van der Waals surface area (Å²) in [6.07, 6.45) is 0. The Hall–Kier alpha value is -1.79. The molecule has 0 unspecified atom stereocenters. The Morgan fingerprint density at radius 1 is 1.24 bits per heavy atom. The molecule has 1 saturated heterocycles. The first kappa shape index (κ1) is 19.5. The van der Waals surface area contributed by atoms with Gasteiger partial charge in [0.15, 0.2) is 6.54 Å². The molecule has 2 rings (SSSR count). The van der Waals surface area contributed by atoms with Gasteiger partial charge in [0, 0.05) is 13.1 Å². The third-order valence-corrected chi connectivity index (χ3v) is 4.83. The molecule has 0 spiro atoms. The van der Waals surface area contributed by atoms with E-state index >= 15 is 0 Å². The lowest BCUT2D eigenvalue weighted by Crippen LogP contribution is -3.16. The molecule has 1 aromatic carbocycles. The predicted molar refractivity (Wildman–Crippen MR) is 100 cm³/mol. The Kier molecular flexibility index (Phi) is 7.52. The van der Waals surface area contributed by atoms with Gasteiger partial charge in [0.05, 0.1) is 43.4 Å². The van der Waals surface area contributed by atoms with E-state index in [4.69, 9.17) is 11.6 Å². The number of amides is 2. The van der Waals surface area contributed by atoms with Crippen molar-refractivity contribution in [1.82, 2.24) is 10.2 Å². The normalized spacial score (nSPS) is 15.1. The lowest BCUT2D eigenvalue weighted by molar-refractivity contribution is -0.892. The molecule has 25 heavy (non-hydrogen) atoms. The number of hydrogen-bond acceptors (Lipinski definition) is 3. The fourth-order valence-corrected chi connectivity index (χ4v) is 3.33. The summed E-state index contributed by atoms with van der Waals surface area (Å²) >= 11 is 6.27. The molecular formula is C18H28ClN4O2+. The number of para-hydroxylation sites is 1. The zero-order valence-corrected chi connectivity index (χ0v) is 15.8. The Bertz CT molecular complexity index is 588. The highest BCUT2D eigenvalue weighted by molar-refractivity contribution is 6.33. The third-order valence-electron chi connectivity index (χ3n) is 4.51. The van der Waals surface area contributed by atoms with Crippen molar-refractivity contribution in [1.29, 1.82) is 0 Å². The molecule has 6 nitrogen and oxygen atoms in total. The highest BCUT2D eigenvalue weighted by Crippen LogP contribution is 2.24. The fourth-order valence-electron chi connectivity index (χ4n) is 3.08. The second-order valence-electron chi connectivity index (χ2n) is 6.23. The Morgan fingerprint density at radius 3 is 2.52 bits per heavy atom. The molecule has 0 saturated carbocycles. The molecule has 7 heteroatoms. The largest absolute Gasteiger partial charge is 0.359 e. The van der Waals surface area contributed by atoms with E-state index in [1.54, 1.807) is 4.90 Å². The van der Waals surface area contributed by atoms with Crippen molar-refractivity contribution >= 4 is 29.1 Å². The maximum Gasteiger partial charge on any atom is 0.278 e. The highest BCUT2D eigenvalue weighted by Gasteiger charge is 2.25. The number of piperazine rings is 1. The number of nitrogens with one attached hydrogen (secondary N) is 2. The van der Waals surface area contributed by atoms with Crippen LogP contribution in [0.5, 0.6) is 0 Å². The lowest BCUT2D eigenvalue weighted by Gasteiger charge is -2.34. The van der Waals surface area contributed by atoms with Gasteiger partial charge in [-0.2, -0.15) is 0 Å². The predicted octanol–water partition coefficient (Wildman–Crippen LogP) is 0.0295. The quantitative estimate of drug-likeness (QED) is 0.715. The zero-order chi connectivity index (χ0) is 18.2. The molecule has 0 bridgehead atoms. The van der Waals surface area contributed by atoms with Crippen molar-refractivity contribution in [2.75, 3.05) is 57.3 Å². The van der Waals surface area contributed by atoms with E-state index in [1.165, 1.54) is 4.90 Å². The van der Waals surface area contributed by atoms with Crippen LogP contribution in [0.15, 0.2) is 24.3 Å². The van der Waals surface area contributed by atoms with Crippen molar-refractivity contribution in [3.63, 3.8) is 0 Å². The van der Waals surface area contributed by atoms with Crippen LogP contribution in [0.25, 0.3) is 0 Å². The van der Waals surface area contributed by atoms with Crippen molar-refractivity contribution in [3.05, 3.63) is 29.3 Å². The van der Waals surface area contributed by atoms with Crippen LogP contribution in [-0.2, 0) is 9.59 Å². The standard InChI is InChI=1S/C18H27ClN4O2/c1-3-20-17(24)13-22(4-2)18(25)14-21-9-11-23(12-10-21)16-8-6-5-7-15(16)19/h5-8H,3-4,9-14H2,1-2H3,(H,20,24)/p+1. The number of benzene rings is 1. The molecular weight excluding hydrogens is 340 g/mol. The number of anilines is 1. The number of quaternary nitrogens is 1. The summed E-state index contributed by atoms with van der Waals surface area (Å²) in [4.78, 5) is 29.3. The van der Waals surface area contributed by atoms with E-state index in [1.807, 2.05) is 38.1 Å². The second-order valence-corrected chi connectivity index (χ2v) is 6.63. The van der Waals surface area contributed by atoms with Crippen LogP contribution in [0.3, 0.4) is 0 Å². The van der Waals surface area contributed by atoms with E-state index < -0.39 is 0 Å². The van der Waals surface area contributed by atoms with Gasteiger partial charge < -0.3 is 20.0 Å². The van der Waals surface area contributed by atoms with Crippen LogP contribution in [0, 0.1) is 0 Å². The van der Waals surface area contributed by atoms with Crippen LogP contribution in [0.2, 0.25) is 5.02 Å². The number of carbonyl (C=O) groups is 2. The first-order valence-corrected chi connectivity index (χ1v) is 9.30. The number of halogens is 1. The van der Waals surface area contributed by atoms with E-state index in [0.717, 1.165) is 36.9 Å². The van der Waals surface area contributed by atoms with Gasteiger partial charge in [-0.1, -0.05) is 23.7 Å². The number of likely N-dealkylation sites (N-methyl/N-ethyl adjacent to an activating group) is 2. The number of rotatable bonds is 7. The van der Waals surface area contributed by atoms with Crippen LogP contribution in [0.4, 0.5) is 5.69 Å². The van der Waals surface area contributed by atoms with Gasteiger partial charge in [0.25, 0.3) is 5.91 Å². The molecule has 2 N–H and O–H groups in total. The third kappa shape index (κ3) is 5.61. The van der Waals surface area contributed by atoms with E-state index in [2.05, 4.69) is 10.2 Å². The van der Waals surface area contributed by atoms with Gasteiger partial charge in [-0.25, -0.2) is 0 Å². The van der Waals surface area contributed by atoms with Gasteiger partial charge >= 0.3 is 0 Å². The van der Waals surface area contributed by atoms with E-state index in [9.17, 15) is 9.59 Å². The molecule has 1 aliphatic heterocycles. The topological polar surface area (TPSA) is 57.1 Å². The van der Waals surface area contributed by atoms with E-state index in [0.29, 0.717) is 19.6 Å². The molecule has 0 atom stereocenters. The molecule has 1 fully saturated rings. The van der Waals surface area contributed by atoms with Gasteiger partial charge in [-0.15, -0.1) is 0 Å². The average Bonchev–Trinajstić information content (AvgIpc) is 2.61. The van der Waals surface area contributed by atoms with Gasteiger partial charge in [0.2, 0.25) is 5.91 Å². The summed E-state index contributed by atoms with van der Waals surface area (Å²) in [6, 6.07) is 7.86. The van der Waals surface area contributed by atoms with Crippen molar-refractivity contribution in [3.8, 4) is 0 Å². The maximum absolute atomic E-state index is 12.5. The van der Waals surface area contributed by atoms with Crippen molar-refractivity contribution in [2.45, 2.75) is 13.8 Å². The smallest absolute Gasteiger partial charge is 0.278 e. The van der Waals surface area contributed by atoms with Gasteiger partial charge in [-0.3, -0.25) is 9.59 Å². The molecule has 1 heterocycles. The molecule has 0 radical (unpaired) electrons. The number of carbonyl (C=O) groups excluding carboxylic acids is 2. The van der Waals surface area contributed by atoms with Crippen LogP contribution >= 0.6 is 11.6 Å². The minimum absolute atomic E-state index is 0.0370. The molecule has 1 aliphatic rings. The molecule has 0 aromatic heterocycles. The summed E-state index contributed by atoms with van der Waals surface area (Å²) in [7, 11) is 0. The molecule has 138 valence electrons. The SMILES string of the molecule is CCNC(=O)CN(CC)C(=O)C[NH+]1CCN(c2ccccc2Cl)CC1. The van der Waals surface area contributed by atoms with E-state index in [-0.39, 0.29) is 18.4 Å². The Morgan fingerprint density at radius 2 is 1.92 bits per heavy atom. The summed E-state index contributed by atoms with van der Waals surface area (Å²) in [5.41, 5.74) is 1.06. The molecule has 2 amide bonds. The lowest BCUT2D eigenvalue weighted by atomic mass is 10.2. The Labute approximate surface area is 154 Å². The van der Waals surface area contributed by atoms with Crippen molar-refractivity contribution in [2.24, 2.45) is 0 Å². The number of hydrogen-bond donors (Lipinski definition) is 2. The Balaban J connectivity index is 1.83. The number of nitrogens with zero attached hydrogens (tertiary/aromatic N) is 2. The first-order chi connectivity index (χ1) is 12.0. The minimum Gasteiger partial charge on any atom is -0.359 e. The average molecular weight is 368 g/mol. The highest BCUT2D eigenvalue weighted by atomic mass is 35.5. The second kappa shape index (κ2) is 9.63. The zero-order valence-electron chi connectivity index (χ0n) is 15.1. The summed E-state index contributed by atoms with van der Waals surface area (Å²) < 4.78 is 0. The monoisotopic (exact) mass is 367 g/mol. The molecule has 1 aromatic rings. The summed E-state index contributed by atoms with van der Waals surface area (Å²) in [5.74, 6) is -0.0637. The summed E-state index contributed by atoms with van der Waals surface area (Å²) in [5, 5.41) is 3.50. The van der Waals surface area contributed by atoms with Gasteiger partial charge in [0.1, 0.15) is 0 Å². The first-order valence-electron chi connectivity index (χ1n) is 8.92. The van der Waals surface area contributed by atoms with Crippen LogP contribution < -0.4 is 15.1 Å². The molecule has 0 aliphatic carbocycles. The summed E-state index contributed by atoms with van der Waals surface area (Å²) in [6.45, 7) is 9.00. The van der Waals surface area contributed by atoms with Crippen LogP contribution in [0.1, 0.15) is 13.8 Å². The maximum atomic E-state index is 12.5.